The SMILES string of the molecule is CO[C@@H]1CNC[C@H]1Oc1ccc2c(c1)CN(C1CCC(=O)NC1=O)C2=O. The van der Waals surface area contributed by atoms with Crippen molar-refractivity contribution in [3.05, 3.63) is 29.3 Å². The lowest BCUT2D eigenvalue weighted by atomic mass is 10.0. The number of methoxy groups -OCH3 is 1. The van der Waals surface area contributed by atoms with Crippen LogP contribution in [0, 0.1) is 0 Å². The Morgan fingerprint density at radius 3 is 2.73 bits per heavy atom. The molecule has 0 saturated carbocycles. The summed E-state index contributed by atoms with van der Waals surface area (Å²) in [5, 5.41) is 5.53. The lowest BCUT2D eigenvalue weighted by molar-refractivity contribution is -0.136. The fourth-order valence-corrected chi connectivity index (χ4v) is 3.78. The first-order valence-corrected chi connectivity index (χ1v) is 8.74. The molecule has 2 saturated heterocycles. The minimum Gasteiger partial charge on any atom is -0.486 e. The second-order valence-corrected chi connectivity index (χ2v) is 6.81. The zero-order valence-corrected chi connectivity index (χ0v) is 14.5. The van der Waals surface area contributed by atoms with E-state index in [1.54, 1.807) is 19.2 Å². The van der Waals surface area contributed by atoms with Gasteiger partial charge in [-0.3, -0.25) is 19.7 Å². The molecular weight excluding hydrogens is 338 g/mol. The average Bonchev–Trinajstić information content (AvgIpc) is 3.19. The molecule has 2 N–H and O–H groups in total. The molecule has 3 atom stereocenters. The number of rotatable bonds is 4. The van der Waals surface area contributed by atoms with Gasteiger partial charge in [-0.05, 0) is 30.2 Å². The number of benzene rings is 1. The van der Waals surface area contributed by atoms with E-state index >= 15 is 0 Å². The van der Waals surface area contributed by atoms with Gasteiger partial charge in [-0.25, -0.2) is 0 Å². The molecule has 0 aliphatic carbocycles. The first kappa shape index (κ1) is 17.0. The Bertz CT molecular complexity index is 765. The minimum absolute atomic E-state index is 0.00939. The number of amides is 3. The third kappa shape index (κ3) is 2.95. The number of piperidine rings is 1. The summed E-state index contributed by atoms with van der Waals surface area (Å²) in [7, 11) is 1.66. The molecule has 8 nitrogen and oxygen atoms in total. The van der Waals surface area contributed by atoms with Crippen molar-refractivity contribution in [1.82, 2.24) is 15.5 Å². The predicted molar refractivity (Wildman–Crippen MR) is 90.6 cm³/mol. The van der Waals surface area contributed by atoms with E-state index in [1.807, 2.05) is 6.07 Å². The van der Waals surface area contributed by atoms with Gasteiger partial charge in [0.1, 0.15) is 24.0 Å². The number of carbonyl (C=O) groups excluding carboxylic acids is 3. The summed E-state index contributed by atoms with van der Waals surface area (Å²) >= 11 is 0. The van der Waals surface area contributed by atoms with Crippen LogP contribution in [0.4, 0.5) is 0 Å². The highest BCUT2D eigenvalue weighted by Gasteiger charge is 2.39. The fraction of sp³-hybridized carbons (Fsp3) is 0.500. The lowest BCUT2D eigenvalue weighted by Crippen LogP contribution is -2.52. The van der Waals surface area contributed by atoms with Crippen molar-refractivity contribution in [3.63, 3.8) is 0 Å². The maximum Gasteiger partial charge on any atom is 0.255 e. The smallest absolute Gasteiger partial charge is 0.255 e. The summed E-state index contributed by atoms with van der Waals surface area (Å²) in [5.41, 5.74) is 1.41. The fourth-order valence-electron chi connectivity index (χ4n) is 3.78. The van der Waals surface area contributed by atoms with E-state index < -0.39 is 11.9 Å². The van der Waals surface area contributed by atoms with Gasteiger partial charge >= 0.3 is 0 Å². The number of hydrogen-bond donors (Lipinski definition) is 2. The Morgan fingerprint density at radius 1 is 1.15 bits per heavy atom. The van der Waals surface area contributed by atoms with Gasteiger partial charge in [0, 0.05) is 38.7 Å². The van der Waals surface area contributed by atoms with Gasteiger partial charge < -0.3 is 19.7 Å². The van der Waals surface area contributed by atoms with Crippen LogP contribution in [0.5, 0.6) is 5.75 Å². The maximum absolute atomic E-state index is 12.7. The third-order valence-electron chi connectivity index (χ3n) is 5.19. The molecule has 1 aromatic rings. The monoisotopic (exact) mass is 359 g/mol. The Morgan fingerprint density at radius 2 is 1.96 bits per heavy atom. The Labute approximate surface area is 150 Å². The Kier molecular flexibility index (Phi) is 4.37. The van der Waals surface area contributed by atoms with E-state index in [9.17, 15) is 14.4 Å². The summed E-state index contributed by atoms with van der Waals surface area (Å²) in [5.74, 6) is -0.196. The standard InChI is InChI=1S/C18H21N3O5/c1-25-14-7-19-8-15(14)26-11-2-3-12-10(6-11)9-21(18(12)24)13-4-5-16(22)20-17(13)23/h2-3,6,13-15,19H,4-5,7-9H2,1H3,(H,20,22,23)/t13?,14-,15-/m1/s1. The normalized spacial score (nSPS) is 28.3. The molecule has 138 valence electrons. The molecule has 0 bridgehead atoms. The molecule has 3 amide bonds. The molecule has 8 heteroatoms. The van der Waals surface area contributed by atoms with Gasteiger partial charge in [0.05, 0.1) is 0 Å². The highest BCUT2D eigenvalue weighted by molar-refractivity contribution is 6.05. The molecule has 1 aromatic carbocycles. The highest BCUT2D eigenvalue weighted by Crippen LogP contribution is 2.30. The zero-order valence-electron chi connectivity index (χ0n) is 14.5. The zero-order chi connectivity index (χ0) is 18.3. The Hall–Kier alpha value is -2.45. The molecule has 1 unspecified atom stereocenters. The highest BCUT2D eigenvalue weighted by atomic mass is 16.5. The van der Waals surface area contributed by atoms with Gasteiger partial charge in [-0.15, -0.1) is 0 Å². The average molecular weight is 359 g/mol. The third-order valence-corrected chi connectivity index (χ3v) is 5.19. The molecule has 3 aliphatic heterocycles. The minimum atomic E-state index is -0.603. The van der Waals surface area contributed by atoms with Crippen LogP contribution in [0.25, 0.3) is 0 Å². The van der Waals surface area contributed by atoms with E-state index in [2.05, 4.69) is 10.6 Å². The molecule has 0 radical (unpaired) electrons. The maximum atomic E-state index is 12.7. The van der Waals surface area contributed by atoms with Gasteiger partial charge in [0.2, 0.25) is 11.8 Å². The van der Waals surface area contributed by atoms with Gasteiger partial charge in [-0.1, -0.05) is 0 Å². The van der Waals surface area contributed by atoms with Crippen LogP contribution in [0.3, 0.4) is 0 Å². The van der Waals surface area contributed by atoms with Crippen molar-refractivity contribution < 1.29 is 23.9 Å². The summed E-state index contributed by atoms with van der Waals surface area (Å²) in [6, 6.07) is 4.76. The van der Waals surface area contributed by atoms with Crippen molar-refractivity contribution in [2.45, 2.75) is 37.6 Å². The van der Waals surface area contributed by atoms with Crippen molar-refractivity contribution in [1.29, 1.82) is 0 Å². The van der Waals surface area contributed by atoms with Crippen LogP contribution in [-0.2, 0) is 20.9 Å². The molecule has 4 rings (SSSR count). The van der Waals surface area contributed by atoms with Crippen LogP contribution in [0.2, 0.25) is 0 Å². The second kappa shape index (κ2) is 6.69. The van der Waals surface area contributed by atoms with E-state index in [0.29, 0.717) is 30.8 Å². The molecule has 26 heavy (non-hydrogen) atoms. The summed E-state index contributed by atoms with van der Waals surface area (Å²) in [6.07, 6.45) is 0.515. The van der Waals surface area contributed by atoms with Crippen LogP contribution >= 0.6 is 0 Å². The van der Waals surface area contributed by atoms with Crippen molar-refractivity contribution in [2.75, 3.05) is 20.2 Å². The second-order valence-electron chi connectivity index (χ2n) is 6.81. The number of fused-ring (bicyclic) bond motifs is 1. The number of hydrogen-bond acceptors (Lipinski definition) is 6. The van der Waals surface area contributed by atoms with E-state index in [4.69, 9.17) is 9.47 Å². The Balaban J connectivity index is 1.50. The van der Waals surface area contributed by atoms with Crippen LogP contribution in [-0.4, -0.2) is 61.1 Å². The number of imide groups is 1. The van der Waals surface area contributed by atoms with Gasteiger partial charge in [0.15, 0.2) is 0 Å². The van der Waals surface area contributed by atoms with E-state index in [-0.39, 0.29) is 30.4 Å². The van der Waals surface area contributed by atoms with E-state index in [1.165, 1.54) is 4.90 Å². The molecule has 0 aromatic heterocycles. The molecule has 3 heterocycles. The molecule has 0 spiro atoms. The molecule has 2 fully saturated rings. The molecule has 3 aliphatic rings. The topological polar surface area (TPSA) is 97.0 Å². The first-order valence-electron chi connectivity index (χ1n) is 8.74. The van der Waals surface area contributed by atoms with Crippen LogP contribution < -0.4 is 15.4 Å². The van der Waals surface area contributed by atoms with E-state index in [0.717, 1.165) is 12.1 Å². The number of nitrogens with one attached hydrogen (secondary N) is 2. The summed E-state index contributed by atoms with van der Waals surface area (Å²) in [6.45, 7) is 1.79. The first-order chi connectivity index (χ1) is 12.6. The molecular formula is C18H21N3O5. The van der Waals surface area contributed by atoms with Crippen LogP contribution in [0.1, 0.15) is 28.8 Å². The number of ether oxygens (including phenoxy) is 2. The largest absolute Gasteiger partial charge is 0.486 e. The van der Waals surface area contributed by atoms with Crippen molar-refractivity contribution in [3.8, 4) is 5.75 Å². The number of carbonyl (C=O) groups is 3. The van der Waals surface area contributed by atoms with Crippen molar-refractivity contribution in [2.24, 2.45) is 0 Å². The predicted octanol–water partition coefficient (Wildman–Crippen LogP) is -0.187. The van der Waals surface area contributed by atoms with Gasteiger partial charge in [-0.2, -0.15) is 0 Å². The quantitative estimate of drug-likeness (QED) is 0.724. The van der Waals surface area contributed by atoms with Crippen LogP contribution in [0.15, 0.2) is 18.2 Å². The van der Waals surface area contributed by atoms with Crippen molar-refractivity contribution >= 4 is 17.7 Å². The number of nitrogens with zero attached hydrogens (tertiary/aromatic N) is 1. The van der Waals surface area contributed by atoms with Gasteiger partial charge in [0.25, 0.3) is 5.91 Å². The lowest BCUT2D eigenvalue weighted by Gasteiger charge is -2.29. The summed E-state index contributed by atoms with van der Waals surface area (Å²) < 4.78 is 11.4. The summed E-state index contributed by atoms with van der Waals surface area (Å²) in [4.78, 5) is 37.6.